The summed E-state index contributed by atoms with van der Waals surface area (Å²) < 4.78 is 35.7. The molecular formula is C18H20Cl2N2O5S. The molecule has 10 heteroatoms. The van der Waals surface area contributed by atoms with E-state index in [0.29, 0.717) is 32.8 Å². The van der Waals surface area contributed by atoms with Gasteiger partial charge >= 0.3 is 0 Å². The van der Waals surface area contributed by atoms with Gasteiger partial charge in [0, 0.05) is 23.7 Å². The van der Waals surface area contributed by atoms with E-state index >= 15 is 0 Å². The Morgan fingerprint density at radius 3 is 2.29 bits per heavy atom. The lowest BCUT2D eigenvalue weighted by Crippen LogP contribution is -2.37. The molecule has 1 N–H and O–H groups in total. The quantitative estimate of drug-likeness (QED) is 0.671. The van der Waals surface area contributed by atoms with Gasteiger partial charge in [0.15, 0.2) is 0 Å². The molecule has 0 fully saturated rings. The number of carbonyl (C=O) groups excluding carboxylic acids is 1. The van der Waals surface area contributed by atoms with Crippen molar-refractivity contribution in [2.24, 2.45) is 0 Å². The Hall–Kier alpha value is -2.00. The molecule has 0 atom stereocenters. The number of amides is 1. The minimum atomic E-state index is -3.67. The van der Waals surface area contributed by atoms with E-state index in [1.165, 1.54) is 26.4 Å². The van der Waals surface area contributed by atoms with Gasteiger partial charge in [-0.25, -0.2) is 8.42 Å². The molecule has 0 bridgehead atoms. The summed E-state index contributed by atoms with van der Waals surface area (Å²) in [7, 11) is -0.802. The maximum Gasteiger partial charge on any atom is 0.239 e. The first-order valence-corrected chi connectivity index (χ1v) is 10.7. The smallest absolute Gasteiger partial charge is 0.239 e. The molecule has 28 heavy (non-hydrogen) atoms. The first-order valence-electron chi connectivity index (χ1n) is 8.05. The van der Waals surface area contributed by atoms with Crippen LogP contribution in [0.5, 0.6) is 11.5 Å². The highest BCUT2D eigenvalue weighted by atomic mass is 35.5. The highest BCUT2D eigenvalue weighted by Crippen LogP contribution is 2.35. The number of benzene rings is 2. The van der Waals surface area contributed by atoms with Crippen molar-refractivity contribution in [2.75, 3.05) is 32.3 Å². The topological polar surface area (TPSA) is 84.9 Å². The van der Waals surface area contributed by atoms with Crippen molar-refractivity contribution in [1.82, 2.24) is 4.31 Å². The second kappa shape index (κ2) is 9.47. The largest absolute Gasteiger partial charge is 0.495 e. The van der Waals surface area contributed by atoms with Crippen LogP contribution in [0.3, 0.4) is 0 Å². The summed E-state index contributed by atoms with van der Waals surface area (Å²) in [4.78, 5) is 12.5. The zero-order valence-corrected chi connectivity index (χ0v) is 17.9. The number of hydrogen-bond donors (Lipinski definition) is 1. The fourth-order valence-corrected chi connectivity index (χ4v) is 3.57. The number of methoxy groups -OCH3 is 2. The van der Waals surface area contributed by atoms with Gasteiger partial charge in [0.1, 0.15) is 11.5 Å². The Balaban J connectivity index is 2.22. The van der Waals surface area contributed by atoms with Crippen LogP contribution in [0.15, 0.2) is 36.4 Å². The lowest BCUT2D eigenvalue weighted by Gasteiger charge is -2.21. The van der Waals surface area contributed by atoms with E-state index < -0.39 is 22.5 Å². The van der Waals surface area contributed by atoms with Gasteiger partial charge in [-0.2, -0.15) is 4.31 Å². The third-order valence-electron chi connectivity index (χ3n) is 3.84. The number of carbonyl (C=O) groups is 1. The van der Waals surface area contributed by atoms with Crippen LogP contribution in [0.4, 0.5) is 5.69 Å². The fourth-order valence-electron chi connectivity index (χ4n) is 2.42. The number of hydrogen-bond acceptors (Lipinski definition) is 5. The predicted octanol–water partition coefficient (Wildman–Crippen LogP) is 3.41. The van der Waals surface area contributed by atoms with Gasteiger partial charge in [-0.1, -0.05) is 41.4 Å². The van der Waals surface area contributed by atoms with E-state index in [2.05, 4.69) is 5.32 Å². The molecule has 0 aliphatic carbocycles. The molecular weight excluding hydrogens is 427 g/mol. The molecule has 2 aromatic carbocycles. The average molecular weight is 447 g/mol. The number of ether oxygens (including phenoxy) is 2. The second-order valence-electron chi connectivity index (χ2n) is 5.86. The summed E-state index contributed by atoms with van der Waals surface area (Å²) in [5.74, 6) is 0.102. The van der Waals surface area contributed by atoms with Crippen LogP contribution < -0.4 is 14.8 Å². The van der Waals surface area contributed by atoms with Gasteiger partial charge in [-0.15, -0.1) is 0 Å². The van der Waals surface area contributed by atoms with Crippen molar-refractivity contribution in [3.05, 3.63) is 52.0 Å². The maximum absolute atomic E-state index is 12.5. The van der Waals surface area contributed by atoms with Gasteiger partial charge in [-0.05, 0) is 11.6 Å². The Morgan fingerprint density at radius 2 is 1.71 bits per heavy atom. The van der Waals surface area contributed by atoms with Gasteiger partial charge in [0.05, 0.1) is 37.7 Å². The van der Waals surface area contributed by atoms with E-state index in [-0.39, 0.29) is 6.54 Å². The van der Waals surface area contributed by atoms with Crippen molar-refractivity contribution in [1.29, 1.82) is 0 Å². The first-order chi connectivity index (χ1) is 13.2. The van der Waals surface area contributed by atoms with Crippen LogP contribution in [-0.2, 0) is 21.4 Å². The number of sulfonamides is 1. The lowest BCUT2D eigenvalue weighted by molar-refractivity contribution is -0.116. The van der Waals surface area contributed by atoms with E-state index in [1.54, 1.807) is 24.3 Å². The Morgan fingerprint density at radius 1 is 1.07 bits per heavy atom. The van der Waals surface area contributed by atoms with Crippen molar-refractivity contribution in [3.8, 4) is 11.5 Å². The molecule has 0 heterocycles. The highest BCUT2D eigenvalue weighted by molar-refractivity contribution is 7.88. The van der Waals surface area contributed by atoms with Crippen molar-refractivity contribution >= 4 is 44.8 Å². The van der Waals surface area contributed by atoms with Crippen LogP contribution in [0.25, 0.3) is 0 Å². The molecule has 0 aliphatic heterocycles. The normalized spacial score (nSPS) is 11.4. The Labute approximate surface area is 174 Å². The van der Waals surface area contributed by atoms with Crippen LogP contribution in [-0.4, -0.2) is 45.7 Å². The molecule has 0 aromatic heterocycles. The number of nitrogens with one attached hydrogen (secondary N) is 1. The van der Waals surface area contributed by atoms with Crippen LogP contribution in [0, 0.1) is 0 Å². The van der Waals surface area contributed by atoms with E-state index in [1.807, 2.05) is 0 Å². The second-order valence-corrected chi connectivity index (χ2v) is 8.65. The van der Waals surface area contributed by atoms with E-state index in [9.17, 15) is 13.2 Å². The van der Waals surface area contributed by atoms with Gasteiger partial charge in [-0.3, -0.25) is 4.79 Å². The first kappa shape index (κ1) is 22.3. The summed E-state index contributed by atoms with van der Waals surface area (Å²) in [6.45, 7) is -0.439. The number of rotatable bonds is 8. The monoisotopic (exact) mass is 446 g/mol. The highest BCUT2D eigenvalue weighted by Gasteiger charge is 2.22. The molecule has 0 unspecified atom stereocenters. The zero-order chi connectivity index (χ0) is 20.9. The summed E-state index contributed by atoms with van der Waals surface area (Å²) in [5.41, 5.74) is 0.896. The number of halogens is 2. The van der Waals surface area contributed by atoms with E-state index in [0.717, 1.165) is 10.6 Å². The van der Waals surface area contributed by atoms with Crippen molar-refractivity contribution in [2.45, 2.75) is 6.54 Å². The number of nitrogens with zero attached hydrogens (tertiary/aromatic N) is 1. The Bertz CT molecular complexity index is 966. The summed E-state index contributed by atoms with van der Waals surface area (Å²) in [6, 6.07) is 9.83. The van der Waals surface area contributed by atoms with Gasteiger partial charge < -0.3 is 14.8 Å². The van der Waals surface area contributed by atoms with Crippen molar-refractivity contribution < 1.29 is 22.7 Å². The molecule has 0 radical (unpaired) electrons. The molecule has 0 spiro atoms. The molecule has 1 amide bonds. The lowest BCUT2D eigenvalue weighted by atomic mass is 10.2. The fraction of sp³-hybridized carbons (Fsp3) is 0.278. The van der Waals surface area contributed by atoms with Crippen LogP contribution in [0.2, 0.25) is 10.0 Å². The van der Waals surface area contributed by atoms with Gasteiger partial charge in [0.2, 0.25) is 15.9 Å². The zero-order valence-electron chi connectivity index (χ0n) is 15.5. The minimum absolute atomic E-state index is 0.0347. The maximum atomic E-state index is 12.5. The summed E-state index contributed by atoms with van der Waals surface area (Å²) in [6.07, 6.45) is 1.03. The summed E-state index contributed by atoms with van der Waals surface area (Å²) >= 11 is 12.2. The van der Waals surface area contributed by atoms with Crippen molar-refractivity contribution in [3.63, 3.8) is 0 Å². The molecule has 7 nitrogen and oxygen atoms in total. The molecule has 2 aromatic rings. The Kier molecular flexibility index (Phi) is 7.54. The minimum Gasteiger partial charge on any atom is -0.495 e. The SMILES string of the molecule is COc1cc(NC(=O)CN(Cc2ccccc2Cl)S(C)(=O)=O)c(OC)cc1Cl. The third kappa shape index (κ3) is 5.75. The third-order valence-corrected chi connectivity index (χ3v) is 5.70. The van der Waals surface area contributed by atoms with Gasteiger partial charge in [0.25, 0.3) is 0 Å². The molecule has 152 valence electrons. The predicted molar refractivity (Wildman–Crippen MR) is 110 cm³/mol. The van der Waals surface area contributed by atoms with Crippen LogP contribution in [0.1, 0.15) is 5.56 Å². The molecule has 2 rings (SSSR count). The molecule has 0 saturated heterocycles. The molecule has 0 aliphatic rings. The van der Waals surface area contributed by atoms with Crippen LogP contribution >= 0.6 is 23.2 Å². The number of anilines is 1. The standard InChI is InChI=1S/C18H20Cl2N2O5S/c1-26-16-9-15(17(27-2)8-14(16)20)21-18(23)11-22(28(3,24)25)10-12-6-4-5-7-13(12)19/h4-9H,10-11H2,1-3H3,(H,21,23). The summed E-state index contributed by atoms with van der Waals surface area (Å²) in [5, 5.41) is 3.36. The average Bonchev–Trinajstić information content (AvgIpc) is 2.63. The van der Waals surface area contributed by atoms with E-state index in [4.69, 9.17) is 32.7 Å². The molecule has 0 saturated carbocycles.